The maximum absolute atomic E-state index is 13.5. The van der Waals surface area contributed by atoms with Gasteiger partial charge in [-0.3, -0.25) is 4.79 Å². The number of nitrogens with zero attached hydrogens (tertiary/aromatic N) is 2. The summed E-state index contributed by atoms with van der Waals surface area (Å²) in [6.07, 6.45) is 0.703. The van der Waals surface area contributed by atoms with Gasteiger partial charge >= 0.3 is 0 Å². The summed E-state index contributed by atoms with van der Waals surface area (Å²) < 4.78 is 29.2. The molecule has 0 N–H and O–H groups in total. The summed E-state index contributed by atoms with van der Waals surface area (Å²) in [6.45, 7) is 1.60. The van der Waals surface area contributed by atoms with Gasteiger partial charge < -0.3 is 4.90 Å². The van der Waals surface area contributed by atoms with Gasteiger partial charge in [-0.15, -0.1) is 0 Å². The molecule has 0 unspecified atom stereocenters. The van der Waals surface area contributed by atoms with Crippen LogP contribution >= 0.6 is 39.1 Å². The van der Waals surface area contributed by atoms with Crippen LogP contribution in [0.1, 0.15) is 18.1 Å². The zero-order valence-electron chi connectivity index (χ0n) is 17.7. The van der Waals surface area contributed by atoms with Crippen molar-refractivity contribution in [1.82, 2.24) is 4.31 Å². The third-order valence-corrected chi connectivity index (χ3v) is 8.51. The van der Waals surface area contributed by atoms with Crippen molar-refractivity contribution in [2.75, 3.05) is 11.4 Å². The van der Waals surface area contributed by atoms with Crippen molar-refractivity contribution in [3.63, 3.8) is 0 Å². The van der Waals surface area contributed by atoms with Crippen molar-refractivity contribution in [3.8, 4) is 0 Å². The van der Waals surface area contributed by atoms with E-state index < -0.39 is 10.0 Å². The van der Waals surface area contributed by atoms with Crippen LogP contribution in [0.15, 0.2) is 76.1 Å². The van der Waals surface area contributed by atoms with E-state index in [0.29, 0.717) is 22.0 Å². The van der Waals surface area contributed by atoms with Crippen LogP contribution in [0.4, 0.5) is 5.69 Å². The zero-order chi connectivity index (χ0) is 23.8. The fourth-order valence-corrected chi connectivity index (χ4v) is 6.10. The zero-order valence-corrected chi connectivity index (χ0v) is 21.6. The highest BCUT2D eigenvalue weighted by Crippen LogP contribution is 2.34. The first-order chi connectivity index (χ1) is 15.7. The van der Waals surface area contributed by atoms with E-state index in [2.05, 4.69) is 15.9 Å². The van der Waals surface area contributed by atoms with E-state index in [1.54, 1.807) is 29.2 Å². The maximum atomic E-state index is 13.5. The van der Waals surface area contributed by atoms with Crippen LogP contribution < -0.4 is 4.90 Å². The molecule has 9 heteroatoms. The minimum absolute atomic E-state index is 0.0359. The first-order valence-corrected chi connectivity index (χ1v) is 13.3. The third-order valence-electron chi connectivity index (χ3n) is 5.59. The van der Waals surface area contributed by atoms with Crippen LogP contribution in [0.25, 0.3) is 0 Å². The van der Waals surface area contributed by atoms with Crippen molar-refractivity contribution in [2.24, 2.45) is 0 Å². The predicted molar refractivity (Wildman–Crippen MR) is 135 cm³/mol. The maximum Gasteiger partial charge on any atom is 0.243 e. The summed E-state index contributed by atoms with van der Waals surface area (Å²) in [5, 5.41) is 0.863. The summed E-state index contributed by atoms with van der Waals surface area (Å²) in [6, 6.07) is 18.6. The lowest BCUT2D eigenvalue weighted by Gasteiger charge is -2.28. The standard InChI is InChI=1S/C24H21BrCl2N2O3S/c1-16-12-18-13-19(25)6-11-23(18)29(16)24(30)15-28(14-17-4-2-3-5-22(17)27)33(31,32)21-9-7-20(26)8-10-21/h2-11,13,16H,12,14-15H2,1H3/t16-/m1/s1. The largest absolute Gasteiger partial charge is 0.308 e. The molecule has 1 heterocycles. The molecule has 1 amide bonds. The van der Waals surface area contributed by atoms with Crippen LogP contribution in [0.2, 0.25) is 10.0 Å². The molecule has 0 saturated heterocycles. The number of sulfonamides is 1. The summed E-state index contributed by atoms with van der Waals surface area (Å²) in [7, 11) is -4.00. The molecule has 0 bridgehead atoms. The molecule has 1 aliphatic rings. The SMILES string of the molecule is C[C@@H]1Cc2cc(Br)ccc2N1C(=O)CN(Cc1ccccc1Cl)S(=O)(=O)c1ccc(Cl)cc1. The second kappa shape index (κ2) is 9.76. The molecule has 0 spiro atoms. The molecular weight excluding hydrogens is 547 g/mol. The fourth-order valence-electron chi connectivity index (χ4n) is 4.00. The van der Waals surface area contributed by atoms with E-state index in [9.17, 15) is 13.2 Å². The Morgan fingerprint density at radius 2 is 1.79 bits per heavy atom. The molecule has 0 radical (unpaired) electrons. The molecule has 4 rings (SSSR count). The number of rotatable bonds is 6. The fraction of sp³-hybridized carbons (Fsp3) is 0.208. The first kappa shape index (κ1) is 24.2. The number of halogens is 3. The van der Waals surface area contributed by atoms with Crippen LogP contribution in [0, 0.1) is 0 Å². The number of amides is 1. The number of fused-ring (bicyclic) bond motifs is 1. The van der Waals surface area contributed by atoms with Gasteiger partial charge in [-0.1, -0.05) is 57.3 Å². The van der Waals surface area contributed by atoms with E-state index in [-0.39, 0.29) is 29.9 Å². The Labute approximate surface area is 212 Å². The average Bonchev–Trinajstić information content (AvgIpc) is 3.09. The summed E-state index contributed by atoms with van der Waals surface area (Å²) in [4.78, 5) is 15.2. The van der Waals surface area contributed by atoms with Crippen molar-refractivity contribution in [1.29, 1.82) is 0 Å². The normalized spacial score (nSPS) is 15.7. The molecule has 33 heavy (non-hydrogen) atoms. The van der Waals surface area contributed by atoms with Gasteiger partial charge in [0.05, 0.1) is 11.4 Å². The Hall–Kier alpha value is -1.90. The topological polar surface area (TPSA) is 57.7 Å². The lowest BCUT2D eigenvalue weighted by molar-refractivity contribution is -0.119. The first-order valence-electron chi connectivity index (χ1n) is 10.3. The van der Waals surface area contributed by atoms with Crippen LogP contribution in [-0.4, -0.2) is 31.2 Å². The molecule has 0 fully saturated rings. The quantitative estimate of drug-likeness (QED) is 0.371. The van der Waals surface area contributed by atoms with Crippen molar-refractivity contribution < 1.29 is 13.2 Å². The minimum Gasteiger partial charge on any atom is -0.308 e. The molecule has 0 saturated carbocycles. The lowest BCUT2D eigenvalue weighted by atomic mass is 10.1. The summed E-state index contributed by atoms with van der Waals surface area (Å²) in [5.74, 6) is -0.298. The summed E-state index contributed by atoms with van der Waals surface area (Å²) in [5.41, 5.74) is 2.46. The highest BCUT2D eigenvalue weighted by atomic mass is 79.9. The van der Waals surface area contributed by atoms with Gasteiger partial charge in [0, 0.05) is 32.8 Å². The van der Waals surface area contributed by atoms with E-state index >= 15 is 0 Å². The Morgan fingerprint density at radius 1 is 1.09 bits per heavy atom. The number of anilines is 1. The average molecular weight is 568 g/mol. The smallest absolute Gasteiger partial charge is 0.243 e. The summed E-state index contributed by atoms with van der Waals surface area (Å²) >= 11 is 15.7. The molecule has 3 aromatic rings. The van der Waals surface area contributed by atoms with Gasteiger partial charge in [0.15, 0.2) is 0 Å². The molecule has 3 aromatic carbocycles. The highest BCUT2D eigenvalue weighted by molar-refractivity contribution is 9.10. The van der Waals surface area contributed by atoms with Crippen LogP contribution in [0.3, 0.4) is 0 Å². The van der Waals surface area contributed by atoms with Gasteiger partial charge in [0.1, 0.15) is 0 Å². The number of carbonyl (C=O) groups is 1. The van der Waals surface area contributed by atoms with Crippen LogP contribution in [-0.2, 0) is 27.8 Å². The van der Waals surface area contributed by atoms with Gasteiger partial charge in [0.2, 0.25) is 15.9 Å². The molecule has 0 aromatic heterocycles. The van der Waals surface area contributed by atoms with Gasteiger partial charge in [-0.05, 0) is 73.0 Å². The van der Waals surface area contributed by atoms with E-state index in [0.717, 1.165) is 15.7 Å². The number of benzene rings is 3. The Bertz CT molecular complexity index is 1300. The number of hydrogen-bond acceptors (Lipinski definition) is 3. The second-order valence-corrected chi connectivity index (χ2v) is 11.6. The Kier molecular flexibility index (Phi) is 7.17. The van der Waals surface area contributed by atoms with Crippen LogP contribution in [0.5, 0.6) is 0 Å². The number of hydrogen-bond donors (Lipinski definition) is 0. The molecular formula is C24H21BrCl2N2O3S. The second-order valence-electron chi connectivity index (χ2n) is 7.91. The van der Waals surface area contributed by atoms with Crippen molar-refractivity contribution >= 4 is 60.7 Å². The number of carbonyl (C=O) groups excluding carboxylic acids is 1. The van der Waals surface area contributed by atoms with Crippen molar-refractivity contribution in [3.05, 3.63) is 92.4 Å². The van der Waals surface area contributed by atoms with Gasteiger partial charge in [0.25, 0.3) is 0 Å². The Morgan fingerprint density at radius 3 is 2.48 bits per heavy atom. The minimum atomic E-state index is -4.00. The predicted octanol–water partition coefficient (Wildman–Crippen LogP) is 5.92. The van der Waals surface area contributed by atoms with E-state index in [1.165, 1.54) is 28.6 Å². The highest BCUT2D eigenvalue weighted by Gasteiger charge is 2.35. The molecule has 5 nitrogen and oxygen atoms in total. The lowest BCUT2D eigenvalue weighted by Crippen LogP contribution is -2.44. The van der Waals surface area contributed by atoms with E-state index in [1.807, 2.05) is 25.1 Å². The molecule has 1 aliphatic heterocycles. The van der Waals surface area contributed by atoms with Gasteiger partial charge in [-0.2, -0.15) is 4.31 Å². The van der Waals surface area contributed by atoms with Crippen molar-refractivity contribution in [2.45, 2.75) is 30.8 Å². The van der Waals surface area contributed by atoms with E-state index in [4.69, 9.17) is 23.2 Å². The molecule has 0 aliphatic carbocycles. The third kappa shape index (κ3) is 5.12. The molecule has 1 atom stereocenters. The monoisotopic (exact) mass is 566 g/mol. The molecule has 172 valence electrons. The Balaban J connectivity index is 1.69. The van der Waals surface area contributed by atoms with Gasteiger partial charge in [-0.25, -0.2) is 8.42 Å².